The van der Waals surface area contributed by atoms with E-state index in [1.54, 1.807) is 18.2 Å². The van der Waals surface area contributed by atoms with Gasteiger partial charge in [-0.3, -0.25) is 19.1 Å². The van der Waals surface area contributed by atoms with Crippen LogP contribution in [0.5, 0.6) is 0 Å². The maximum atomic E-state index is 12.8. The summed E-state index contributed by atoms with van der Waals surface area (Å²) in [5.41, 5.74) is 1.45. The van der Waals surface area contributed by atoms with E-state index >= 15 is 0 Å². The lowest BCUT2D eigenvalue weighted by atomic mass is 10.1. The molecule has 1 atom stereocenters. The van der Waals surface area contributed by atoms with Crippen molar-refractivity contribution >= 4 is 16.8 Å². The van der Waals surface area contributed by atoms with Crippen molar-refractivity contribution in [2.24, 2.45) is 0 Å². The molecule has 0 unspecified atom stereocenters. The molecule has 4 rings (SSSR count). The van der Waals surface area contributed by atoms with E-state index in [1.807, 2.05) is 36.4 Å². The van der Waals surface area contributed by atoms with Gasteiger partial charge in [0.1, 0.15) is 6.54 Å². The predicted molar refractivity (Wildman–Crippen MR) is 111 cm³/mol. The van der Waals surface area contributed by atoms with Crippen LogP contribution in [0.2, 0.25) is 0 Å². The zero-order valence-electron chi connectivity index (χ0n) is 16.2. The molecule has 1 fully saturated rings. The van der Waals surface area contributed by atoms with E-state index in [2.05, 4.69) is 15.2 Å². The third-order valence-electron chi connectivity index (χ3n) is 5.13. The Kier molecular flexibility index (Phi) is 5.97. The molecule has 0 spiro atoms. The second-order valence-corrected chi connectivity index (χ2v) is 7.14. The van der Waals surface area contributed by atoms with Gasteiger partial charge in [-0.2, -0.15) is 0 Å². The summed E-state index contributed by atoms with van der Waals surface area (Å²) in [7, 11) is 0. The molecule has 0 bridgehead atoms. The van der Waals surface area contributed by atoms with E-state index in [9.17, 15) is 9.59 Å². The molecule has 1 N–H and O–H groups in total. The number of nitrogens with one attached hydrogen (secondary N) is 1. The fourth-order valence-corrected chi connectivity index (χ4v) is 3.58. The summed E-state index contributed by atoms with van der Waals surface area (Å²) in [5.74, 6) is -0.216. The Balaban J connectivity index is 1.50. The second-order valence-electron chi connectivity index (χ2n) is 7.14. The zero-order chi connectivity index (χ0) is 20.1. The number of amides is 1. The van der Waals surface area contributed by atoms with Gasteiger partial charge in [-0.1, -0.05) is 42.5 Å². The molecule has 29 heavy (non-hydrogen) atoms. The number of fused-ring (bicyclic) bond motifs is 1. The molecule has 0 saturated carbocycles. The summed E-state index contributed by atoms with van der Waals surface area (Å²) in [6.45, 7) is 3.72. The maximum Gasteiger partial charge on any atom is 0.261 e. The molecule has 150 valence electrons. The number of aromatic nitrogens is 2. The van der Waals surface area contributed by atoms with Crippen molar-refractivity contribution in [2.75, 3.05) is 32.8 Å². The molecule has 1 saturated heterocycles. The Morgan fingerprint density at radius 2 is 1.79 bits per heavy atom. The zero-order valence-corrected chi connectivity index (χ0v) is 16.2. The minimum Gasteiger partial charge on any atom is -0.379 e. The number of para-hydroxylation sites is 1. The van der Waals surface area contributed by atoms with Gasteiger partial charge in [-0.15, -0.1) is 0 Å². The van der Waals surface area contributed by atoms with E-state index in [-0.39, 0.29) is 24.1 Å². The number of carbonyl (C=O) groups is 1. The Bertz CT molecular complexity index is 1030. The summed E-state index contributed by atoms with van der Waals surface area (Å²) < 4.78 is 6.78. The first kappa shape index (κ1) is 19.3. The lowest BCUT2D eigenvalue weighted by Gasteiger charge is -2.31. The second kappa shape index (κ2) is 8.98. The van der Waals surface area contributed by atoms with Crippen LogP contribution in [0.3, 0.4) is 0 Å². The predicted octanol–water partition coefficient (Wildman–Crippen LogP) is 1.59. The molecule has 1 aliphatic rings. The molecule has 0 aliphatic carbocycles. The Labute approximate surface area is 168 Å². The summed E-state index contributed by atoms with van der Waals surface area (Å²) in [4.78, 5) is 32.0. The number of hydrogen-bond donors (Lipinski definition) is 1. The highest BCUT2D eigenvalue weighted by molar-refractivity contribution is 5.79. The number of nitrogens with zero attached hydrogens (tertiary/aromatic N) is 3. The SMILES string of the molecule is O=C(Cn1cnc2ccccc2c1=O)N[C@H](CN1CCOCC1)c1ccccc1. The normalized spacial score (nSPS) is 15.9. The molecule has 7 heteroatoms. The molecule has 0 radical (unpaired) electrons. The number of carbonyl (C=O) groups excluding carboxylic acids is 1. The topological polar surface area (TPSA) is 76.5 Å². The molecule has 3 aromatic rings. The fourth-order valence-electron chi connectivity index (χ4n) is 3.58. The maximum absolute atomic E-state index is 12.8. The summed E-state index contributed by atoms with van der Waals surface area (Å²) in [6, 6.07) is 16.9. The lowest BCUT2D eigenvalue weighted by Crippen LogP contribution is -2.44. The van der Waals surface area contributed by atoms with Crippen molar-refractivity contribution in [3.63, 3.8) is 0 Å². The highest BCUT2D eigenvalue weighted by atomic mass is 16.5. The third kappa shape index (κ3) is 4.70. The molecule has 2 aromatic carbocycles. The van der Waals surface area contributed by atoms with E-state index in [4.69, 9.17) is 4.74 Å². The highest BCUT2D eigenvalue weighted by Gasteiger charge is 2.20. The number of ether oxygens (including phenoxy) is 1. The van der Waals surface area contributed by atoms with Crippen LogP contribution >= 0.6 is 0 Å². The van der Waals surface area contributed by atoms with E-state index in [1.165, 1.54) is 10.9 Å². The van der Waals surface area contributed by atoms with Crippen molar-refractivity contribution in [2.45, 2.75) is 12.6 Å². The molecule has 1 amide bonds. The van der Waals surface area contributed by atoms with Crippen LogP contribution in [0, 0.1) is 0 Å². The van der Waals surface area contributed by atoms with Crippen LogP contribution in [0.1, 0.15) is 11.6 Å². The van der Waals surface area contributed by atoms with Gasteiger partial charge >= 0.3 is 0 Å². The Morgan fingerprint density at radius 3 is 2.59 bits per heavy atom. The van der Waals surface area contributed by atoms with Crippen molar-refractivity contribution < 1.29 is 9.53 Å². The van der Waals surface area contributed by atoms with Crippen molar-refractivity contribution in [1.82, 2.24) is 19.8 Å². The summed E-state index contributed by atoms with van der Waals surface area (Å²) in [5, 5.41) is 3.61. The van der Waals surface area contributed by atoms with Crippen LogP contribution < -0.4 is 10.9 Å². The van der Waals surface area contributed by atoms with Crippen molar-refractivity contribution in [1.29, 1.82) is 0 Å². The minimum atomic E-state index is -0.216. The van der Waals surface area contributed by atoms with Crippen LogP contribution in [0.25, 0.3) is 10.9 Å². The fraction of sp³-hybridized carbons (Fsp3) is 0.318. The van der Waals surface area contributed by atoms with Gasteiger partial charge in [0.15, 0.2) is 0 Å². The molecule has 1 aliphatic heterocycles. The van der Waals surface area contributed by atoms with Crippen LogP contribution in [0.15, 0.2) is 65.7 Å². The van der Waals surface area contributed by atoms with Crippen molar-refractivity contribution in [3.8, 4) is 0 Å². The molecule has 1 aromatic heterocycles. The van der Waals surface area contributed by atoms with E-state index in [0.717, 1.165) is 18.7 Å². The smallest absolute Gasteiger partial charge is 0.261 e. The van der Waals surface area contributed by atoms with Crippen LogP contribution in [-0.2, 0) is 16.1 Å². The highest BCUT2D eigenvalue weighted by Crippen LogP contribution is 2.15. The van der Waals surface area contributed by atoms with Gasteiger partial charge in [0.2, 0.25) is 5.91 Å². The monoisotopic (exact) mass is 392 g/mol. The minimum absolute atomic E-state index is 0.0664. The molecular weight excluding hydrogens is 368 g/mol. The van der Waals surface area contributed by atoms with Gasteiger partial charge in [0.05, 0.1) is 36.5 Å². The Hall–Kier alpha value is -3.03. The molecule has 7 nitrogen and oxygen atoms in total. The number of hydrogen-bond acceptors (Lipinski definition) is 5. The average molecular weight is 392 g/mol. The Morgan fingerprint density at radius 1 is 1.07 bits per heavy atom. The number of rotatable bonds is 6. The molecular formula is C22H24N4O3. The molecule has 2 heterocycles. The van der Waals surface area contributed by atoms with Gasteiger partial charge in [-0.05, 0) is 17.7 Å². The van der Waals surface area contributed by atoms with E-state index < -0.39 is 0 Å². The number of morpholine rings is 1. The lowest BCUT2D eigenvalue weighted by molar-refractivity contribution is -0.122. The summed E-state index contributed by atoms with van der Waals surface area (Å²) in [6.07, 6.45) is 1.43. The van der Waals surface area contributed by atoms with Crippen LogP contribution in [-0.4, -0.2) is 53.2 Å². The van der Waals surface area contributed by atoms with Gasteiger partial charge < -0.3 is 10.1 Å². The average Bonchev–Trinajstić information content (AvgIpc) is 2.77. The van der Waals surface area contributed by atoms with Gasteiger partial charge in [0, 0.05) is 19.6 Å². The van der Waals surface area contributed by atoms with E-state index in [0.29, 0.717) is 30.7 Å². The largest absolute Gasteiger partial charge is 0.379 e. The van der Waals surface area contributed by atoms with Crippen molar-refractivity contribution in [3.05, 3.63) is 76.8 Å². The first-order valence-electron chi connectivity index (χ1n) is 9.79. The quantitative estimate of drug-likeness (QED) is 0.689. The van der Waals surface area contributed by atoms with Gasteiger partial charge in [0.25, 0.3) is 5.56 Å². The first-order chi connectivity index (χ1) is 14.2. The van der Waals surface area contributed by atoms with Gasteiger partial charge in [-0.25, -0.2) is 4.98 Å². The van der Waals surface area contributed by atoms with Crippen LogP contribution in [0.4, 0.5) is 0 Å². The third-order valence-corrected chi connectivity index (χ3v) is 5.13. The summed E-state index contributed by atoms with van der Waals surface area (Å²) >= 11 is 0. The standard InChI is InChI=1S/C22H24N4O3/c27-21(15-26-16-23-19-9-5-4-8-18(19)22(26)28)24-20(17-6-2-1-3-7-17)14-25-10-12-29-13-11-25/h1-9,16,20H,10-15H2,(H,24,27)/t20-/m1/s1. The first-order valence-corrected chi connectivity index (χ1v) is 9.79. The number of benzene rings is 2.